The number of aromatic nitrogens is 1. The molecule has 0 bridgehead atoms. The normalized spacial score (nSPS) is 11.1. The lowest BCUT2D eigenvalue weighted by molar-refractivity contribution is -0.894. The zero-order valence-corrected chi connectivity index (χ0v) is 18.9. The largest absolute Gasteiger partial charge is 0.494 e. The van der Waals surface area contributed by atoms with Crippen LogP contribution >= 0.6 is 11.3 Å². The molecule has 0 aliphatic rings. The van der Waals surface area contributed by atoms with Crippen LogP contribution in [-0.2, 0) is 0 Å². The van der Waals surface area contributed by atoms with Crippen molar-refractivity contribution in [3.8, 4) is 11.5 Å². The molecule has 0 fully saturated rings. The zero-order chi connectivity index (χ0) is 21.5. The second-order valence-electron chi connectivity index (χ2n) is 6.92. The summed E-state index contributed by atoms with van der Waals surface area (Å²) in [6.45, 7) is 10.4. The van der Waals surface area contributed by atoms with Gasteiger partial charge in [-0.15, -0.1) is 0 Å². The Bertz CT molecular complexity index is 967. The summed E-state index contributed by atoms with van der Waals surface area (Å²) in [6, 6.07) is 13.2. The Morgan fingerprint density at radius 2 is 1.83 bits per heavy atom. The van der Waals surface area contributed by atoms with Gasteiger partial charge < -0.3 is 14.4 Å². The number of hydrogen-bond donors (Lipinski definition) is 1. The number of para-hydroxylation sites is 1. The number of methoxy groups -OCH3 is 1. The number of quaternary nitrogens is 1. The van der Waals surface area contributed by atoms with Gasteiger partial charge in [0.15, 0.2) is 5.13 Å². The summed E-state index contributed by atoms with van der Waals surface area (Å²) in [5, 5.41) is 0.694. The molecule has 3 aromatic rings. The van der Waals surface area contributed by atoms with E-state index in [9.17, 15) is 4.79 Å². The molecule has 160 valence electrons. The third kappa shape index (κ3) is 4.91. The smallest absolute Gasteiger partial charge is 0.260 e. The van der Waals surface area contributed by atoms with Crippen LogP contribution in [0.4, 0.5) is 5.13 Å². The topological polar surface area (TPSA) is 56.1 Å². The number of hydrogen-bond acceptors (Lipinski definition) is 5. The third-order valence-electron chi connectivity index (χ3n) is 5.17. The van der Waals surface area contributed by atoms with Crippen molar-refractivity contribution in [3.05, 3.63) is 48.0 Å². The summed E-state index contributed by atoms with van der Waals surface area (Å²) in [4.78, 5) is 21.5. The second-order valence-corrected chi connectivity index (χ2v) is 7.93. The predicted octanol–water partition coefficient (Wildman–Crippen LogP) is 3.28. The van der Waals surface area contributed by atoms with Gasteiger partial charge in [-0.25, -0.2) is 4.98 Å². The molecule has 7 heteroatoms. The molecule has 0 spiro atoms. The molecule has 0 atom stereocenters. The van der Waals surface area contributed by atoms with Crippen molar-refractivity contribution in [2.75, 3.05) is 44.8 Å². The van der Waals surface area contributed by atoms with E-state index in [4.69, 9.17) is 14.5 Å². The fraction of sp³-hybridized carbons (Fsp3) is 0.391. The number of ether oxygens (including phenoxy) is 2. The molecule has 3 rings (SSSR count). The van der Waals surface area contributed by atoms with Gasteiger partial charge in [0.05, 0.1) is 44.6 Å². The van der Waals surface area contributed by atoms with Gasteiger partial charge in [-0.2, -0.15) is 0 Å². The maximum Gasteiger partial charge on any atom is 0.260 e. The zero-order valence-electron chi connectivity index (χ0n) is 18.1. The molecule has 2 aromatic carbocycles. The quantitative estimate of drug-likeness (QED) is 0.539. The monoisotopic (exact) mass is 428 g/mol. The van der Waals surface area contributed by atoms with Crippen molar-refractivity contribution in [2.24, 2.45) is 0 Å². The van der Waals surface area contributed by atoms with Gasteiger partial charge in [0.2, 0.25) is 0 Å². The molecule has 0 aliphatic heterocycles. The van der Waals surface area contributed by atoms with Crippen molar-refractivity contribution in [3.63, 3.8) is 0 Å². The second kappa shape index (κ2) is 10.4. The molecule has 30 heavy (non-hydrogen) atoms. The Morgan fingerprint density at radius 3 is 2.47 bits per heavy atom. The number of fused-ring (bicyclic) bond motifs is 1. The number of nitrogens with zero attached hydrogens (tertiary/aromatic N) is 2. The van der Waals surface area contributed by atoms with Crippen molar-refractivity contribution in [2.45, 2.75) is 20.8 Å². The maximum atomic E-state index is 13.4. The number of carbonyl (C=O) groups excluding carboxylic acids is 1. The molecule has 0 aliphatic carbocycles. The summed E-state index contributed by atoms with van der Waals surface area (Å²) in [5.74, 6) is 1.43. The SMILES string of the molecule is CCOc1ccc(C(=O)N(CC[NH+](CC)CC)c2nc3c(OC)cccc3s2)cc1. The van der Waals surface area contributed by atoms with Gasteiger partial charge in [0, 0.05) is 5.56 Å². The highest BCUT2D eigenvalue weighted by Crippen LogP contribution is 2.34. The predicted molar refractivity (Wildman–Crippen MR) is 122 cm³/mol. The molecule has 0 unspecified atom stereocenters. The van der Waals surface area contributed by atoms with E-state index >= 15 is 0 Å². The molecular weight excluding hydrogens is 398 g/mol. The van der Waals surface area contributed by atoms with E-state index in [1.165, 1.54) is 16.2 Å². The highest BCUT2D eigenvalue weighted by Gasteiger charge is 2.23. The lowest BCUT2D eigenvalue weighted by atomic mass is 10.2. The maximum absolute atomic E-state index is 13.4. The van der Waals surface area contributed by atoms with Gasteiger partial charge in [0.1, 0.15) is 17.0 Å². The van der Waals surface area contributed by atoms with E-state index < -0.39 is 0 Å². The molecule has 0 radical (unpaired) electrons. The van der Waals surface area contributed by atoms with Crippen molar-refractivity contribution in [1.29, 1.82) is 0 Å². The molecule has 0 saturated heterocycles. The molecule has 1 aromatic heterocycles. The Balaban J connectivity index is 1.94. The molecule has 6 nitrogen and oxygen atoms in total. The fourth-order valence-electron chi connectivity index (χ4n) is 3.37. The van der Waals surface area contributed by atoms with Gasteiger partial charge in [-0.3, -0.25) is 9.69 Å². The minimum absolute atomic E-state index is 0.0531. The van der Waals surface area contributed by atoms with Crippen LogP contribution in [0.15, 0.2) is 42.5 Å². The van der Waals surface area contributed by atoms with Crippen LogP contribution in [0, 0.1) is 0 Å². The number of thiazole rings is 1. The first-order valence-electron chi connectivity index (χ1n) is 10.4. The van der Waals surface area contributed by atoms with Gasteiger partial charge in [-0.05, 0) is 57.2 Å². The Kier molecular flexibility index (Phi) is 7.65. The Morgan fingerprint density at radius 1 is 1.10 bits per heavy atom. The molecule has 0 saturated carbocycles. The van der Waals surface area contributed by atoms with Crippen molar-refractivity contribution >= 4 is 32.6 Å². The number of amides is 1. The van der Waals surface area contributed by atoms with Gasteiger partial charge in [0.25, 0.3) is 5.91 Å². The van der Waals surface area contributed by atoms with Crippen LogP contribution in [0.25, 0.3) is 10.2 Å². The average molecular weight is 429 g/mol. The number of likely N-dealkylation sites (N-methyl/N-ethyl adjacent to an activating group) is 1. The van der Waals surface area contributed by atoms with Crippen LogP contribution in [0.2, 0.25) is 0 Å². The first kappa shape index (κ1) is 22.1. The first-order chi connectivity index (χ1) is 14.6. The molecule has 1 N–H and O–H groups in total. The van der Waals surface area contributed by atoms with Crippen LogP contribution in [-0.4, -0.2) is 50.8 Å². The van der Waals surface area contributed by atoms with Crippen molar-refractivity contribution < 1.29 is 19.2 Å². The van der Waals surface area contributed by atoms with E-state index in [2.05, 4.69) is 13.8 Å². The minimum atomic E-state index is -0.0531. The number of carbonyl (C=O) groups is 1. The van der Waals surface area contributed by atoms with E-state index in [1.54, 1.807) is 12.0 Å². The number of nitrogens with one attached hydrogen (secondary N) is 1. The van der Waals surface area contributed by atoms with Gasteiger partial charge in [-0.1, -0.05) is 17.4 Å². The van der Waals surface area contributed by atoms with E-state index in [1.807, 2.05) is 49.4 Å². The lowest BCUT2D eigenvalue weighted by Gasteiger charge is -2.23. The fourth-order valence-corrected chi connectivity index (χ4v) is 4.37. The Labute approximate surface area is 182 Å². The molecular formula is C23H30N3O3S+. The van der Waals surface area contributed by atoms with Crippen molar-refractivity contribution in [1.82, 2.24) is 4.98 Å². The van der Waals surface area contributed by atoms with E-state index in [0.29, 0.717) is 23.8 Å². The Hall–Kier alpha value is -2.64. The highest BCUT2D eigenvalue weighted by atomic mass is 32.1. The first-order valence-corrected chi connectivity index (χ1v) is 11.2. The lowest BCUT2D eigenvalue weighted by Crippen LogP contribution is -3.12. The standard InChI is InChI=1S/C23H29N3O3S/c1-5-25(6-2)15-16-26(22(27)17-11-13-18(14-12-17)29-7-3)23-24-21-19(28-4)9-8-10-20(21)30-23/h8-14H,5-7,15-16H2,1-4H3/p+1. The summed E-state index contributed by atoms with van der Waals surface area (Å²) >= 11 is 1.52. The summed E-state index contributed by atoms with van der Waals surface area (Å²) in [5.41, 5.74) is 1.42. The van der Waals surface area contributed by atoms with Crippen LogP contribution < -0.4 is 19.3 Å². The van der Waals surface area contributed by atoms with E-state index in [-0.39, 0.29) is 5.91 Å². The van der Waals surface area contributed by atoms with E-state index in [0.717, 1.165) is 41.3 Å². The molecule has 1 amide bonds. The number of benzene rings is 2. The minimum Gasteiger partial charge on any atom is -0.494 e. The third-order valence-corrected chi connectivity index (χ3v) is 6.21. The van der Waals surface area contributed by atoms with Gasteiger partial charge >= 0.3 is 0 Å². The highest BCUT2D eigenvalue weighted by molar-refractivity contribution is 7.22. The number of anilines is 1. The summed E-state index contributed by atoms with van der Waals surface area (Å²) < 4.78 is 12.0. The van der Waals surface area contributed by atoms with Crippen LogP contribution in [0.1, 0.15) is 31.1 Å². The average Bonchev–Trinajstić information content (AvgIpc) is 3.21. The number of rotatable bonds is 10. The summed E-state index contributed by atoms with van der Waals surface area (Å²) in [7, 11) is 1.64. The van der Waals surface area contributed by atoms with Crippen LogP contribution in [0.3, 0.4) is 0 Å². The molecule has 1 heterocycles. The van der Waals surface area contributed by atoms with Crippen LogP contribution in [0.5, 0.6) is 11.5 Å². The summed E-state index contributed by atoms with van der Waals surface area (Å²) in [6.07, 6.45) is 0.